The summed E-state index contributed by atoms with van der Waals surface area (Å²) in [6.07, 6.45) is 7.12. The molecule has 21 heavy (non-hydrogen) atoms. The highest BCUT2D eigenvalue weighted by molar-refractivity contribution is 8.00. The number of rotatable bonds is 4. The number of fused-ring (bicyclic) bond motifs is 1. The lowest BCUT2D eigenvalue weighted by Gasteiger charge is -2.37. The molecule has 0 aliphatic heterocycles. The van der Waals surface area contributed by atoms with Crippen LogP contribution in [0.2, 0.25) is 0 Å². The van der Waals surface area contributed by atoms with Crippen molar-refractivity contribution in [3.05, 3.63) is 12.7 Å². The number of imidazole rings is 1. The molecule has 0 spiro atoms. The van der Waals surface area contributed by atoms with Crippen LogP contribution in [0.5, 0.6) is 0 Å². The van der Waals surface area contributed by atoms with Crippen molar-refractivity contribution in [1.82, 2.24) is 25.3 Å². The lowest BCUT2D eigenvalue weighted by atomic mass is 9.79. The van der Waals surface area contributed by atoms with E-state index in [1.54, 1.807) is 12.7 Å². The molecule has 114 valence electrons. The normalized spacial score (nSPS) is 26.6. The summed E-state index contributed by atoms with van der Waals surface area (Å²) in [6, 6.07) is 0.554. The molecule has 6 heteroatoms. The van der Waals surface area contributed by atoms with E-state index in [0.717, 1.165) is 28.0 Å². The van der Waals surface area contributed by atoms with Crippen molar-refractivity contribution in [2.45, 2.75) is 49.4 Å². The fourth-order valence-electron chi connectivity index (χ4n) is 3.20. The summed E-state index contributed by atoms with van der Waals surface area (Å²) < 4.78 is 0. The standard InChI is InChI=1S/C15H23N5S/c1-9(2)10-4-5-11(16-3)12(6-10)21-15-13-14(18-7-17-13)19-8-20-15/h7-12,16H,4-6H2,1-3H3,(H,17,18,19,20). The van der Waals surface area contributed by atoms with Crippen molar-refractivity contribution in [2.75, 3.05) is 7.05 Å². The first-order valence-corrected chi connectivity index (χ1v) is 8.55. The summed E-state index contributed by atoms with van der Waals surface area (Å²) in [5.41, 5.74) is 1.72. The monoisotopic (exact) mass is 305 g/mol. The minimum absolute atomic E-state index is 0.553. The number of H-pyrrole nitrogens is 1. The molecular formula is C15H23N5S. The van der Waals surface area contributed by atoms with Crippen LogP contribution >= 0.6 is 11.8 Å². The van der Waals surface area contributed by atoms with Gasteiger partial charge in [-0.3, -0.25) is 0 Å². The quantitative estimate of drug-likeness (QED) is 0.850. The molecule has 1 aliphatic rings. The molecule has 3 atom stereocenters. The van der Waals surface area contributed by atoms with Crippen LogP contribution in [0.4, 0.5) is 0 Å². The molecule has 0 aromatic carbocycles. The number of hydrogen-bond donors (Lipinski definition) is 2. The van der Waals surface area contributed by atoms with Gasteiger partial charge in [-0.2, -0.15) is 0 Å². The van der Waals surface area contributed by atoms with Gasteiger partial charge in [-0.1, -0.05) is 25.6 Å². The summed E-state index contributed by atoms with van der Waals surface area (Å²) in [6.45, 7) is 4.67. The molecule has 2 aromatic heterocycles. The van der Waals surface area contributed by atoms with E-state index in [-0.39, 0.29) is 0 Å². The minimum atomic E-state index is 0.553. The Labute approximate surface area is 129 Å². The number of aromatic nitrogens is 4. The van der Waals surface area contributed by atoms with E-state index in [4.69, 9.17) is 0 Å². The summed E-state index contributed by atoms with van der Waals surface area (Å²) in [4.78, 5) is 16.0. The highest BCUT2D eigenvalue weighted by Crippen LogP contribution is 2.39. The van der Waals surface area contributed by atoms with Gasteiger partial charge in [0.15, 0.2) is 5.65 Å². The van der Waals surface area contributed by atoms with Crippen molar-refractivity contribution in [2.24, 2.45) is 11.8 Å². The number of aromatic amines is 1. The van der Waals surface area contributed by atoms with E-state index in [2.05, 4.69) is 46.1 Å². The Bertz CT molecular complexity index is 597. The molecule has 0 saturated heterocycles. The maximum absolute atomic E-state index is 4.46. The Morgan fingerprint density at radius 3 is 2.90 bits per heavy atom. The van der Waals surface area contributed by atoms with Gasteiger partial charge in [0, 0.05) is 11.3 Å². The number of thioether (sulfide) groups is 1. The Hall–Kier alpha value is -1.14. The van der Waals surface area contributed by atoms with E-state index < -0.39 is 0 Å². The zero-order chi connectivity index (χ0) is 14.8. The van der Waals surface area contributed by atoms with Crippen molar-refractivity contribution >= 4 is 22.9 Å². The fraction of sp³-hybridized carbons (Fsp3) is 0.667. The third-order valence-electron chi connectivity index (χ3n) is 4.60. The molecule has 0 radical (unpaired) electrons. The molecule has 0 bridgehead atoms. The molecule has 2 aromatic rings. The van der Waals surface area contributed by atoms with Gasteiger partial charge in [-0.15, -0.1) is 0 Å². The molecule has 3 unspecified atom stereocenters. The van der Waals surface area contributed by atoms with Crippen LogP contribution in [0.25, 0.3) is 11.2 Å². The van der Waals surface area contributed by atoms with E-state index in [1.165, 1.54) is 19.3 Å². The van der Waals surface area contributed by atoms with Crippen LogP contribution in [-0.4, -0.2) is 38.3 Å². The highest BCUT2D eigenvalue weighted by atomic mass is 32.2. The van der Waals surface area contributed by atoms with Gasteiger partial charge in [0.2, 0.25) is 0 Å². The second-order valence-corrected chi connectivity index (χ2v) is 7.38. The van der Waals surface area contributed by atoms with Crippen LogP contribution in [-0.2, 0) is 0 Å². The molecule has 1 saturated carbocycles. The first-order valence-electron chi connectivity index (χ1n) is 7.67. The Kier molecular flexibility index (Phi) is 4.45. The average molecular weight is 305 g/mol. The average Bonchev–Trinajstić information content (AvgIpc) is 2.96. The zero-order valence-corrected chi connectivity index (χ0v) is 13.7. The van der Waals surface area contributed by atoms with Crippen LogP contribution in [0.1, 0.15) is 33.1 Å². The summed E-state index contributed by atoms with van der Waals surface area (Å²) in [5, 5.41) is 5.06. The van der Waals surface area contributed by atoms with Gasteiger partial charge < -0.3 is 10.3 Å². The Morgan fingerprint density at radius 2 is 2.14 bits per heavy atom. The van der Waals surface area contributed by atoms with E-state index in [1.807, 2.05) is 11.8 Å². The smallest absolute Gasteiger partial charge is 0.181 e. The van der Waals surface area contributed by atoms with Crippen LogP contribution in [0.15, 0.2) is 17.7 Å². The summed E-state index contributed by atoms with van der Waals surface area (Å²) in [5.74, 6) is 1.56. The molecule has 2 N–H and O–H groups in total. The second-order valence-electron chi connectivity index (χ2n) is 6.15. The molecule has 1 aliphatic carbocycles. The van der Waals surface area contributed by atoms with Gasteiger partial charge in [-0.25, -0.2) is 15.0 Å². The van der Waals surface area contributed by atoms with Crippen molar-refractivity contribution < 1.29 is 0 Å². The SMILES string of the molecule is CNC1CCC(C(C)C)CC1Sc1ncnc2nc[nH]c12. The fourth-order valence-corrected chi connectivity index (χ4v) is 4.64. The van der Waals surface area contributed by atoms with Crippen molar-refractivity contribution in [3.8, 4) is 0 Å². The summed E-state index contributed by atoms with van der Waals surface area (Å²) in [7, 11) is 2.07. The third kappa shape index (κ3) is 3.06. The van der Waals surface area contributed by atoms with Gasteiger partial charge >= 0.3 is 0 Å². The number of nitrogens with zero attached hydrogens (tertiary/aromatic N) is 3. The van der Waals surface area contributed by atoms with Gasteiger partial charge in [-0.05, 0) is 38.1 Å². The molecule has 3 rings (SSSR count). The largest absolute Gasteiger partial charge is 0.341 e. The Morgan fingerprint density at radius 1 is 1.29 bits per heavy atom. The lowest BCUT2D eigenvalue weighted by Crippen LogP contribution is -2.41. The third-order valence-corrected chi connectivity index (χ3v) is 5.95. The molecule has 0 amide bonds. The summed E-state index contributed by atoms with van der Waals surface area (Å²) >= 11 is 1.87. The van der Waals surface area contributed by atoms with Gasteiger partial charge in [0.25, 0.3) is 0 Å². The van der Waals surface area contributed by atoms with E-state index in [0.29, 0.717) is 11.3 Å². The lowest BCUT2D eigenvalue weighted by molar-refractivity contribution is 0.251. The molecule has 1 fully saturated rings. The van der Waals surface area contributed by atoms with Crippen LogP contribution in [0.3, 0.4) is 0 Å². The predicted molar refractivity (Wildman–Crippen MR) is 86.4 cm³/mol. The molecule has 5 nitrogen and oxygen atoms in total. The maximum Gasteiger partial charge on any atom is 0.181 e. The number of hydrogen-bond acceptors (Lipinski definition) is 5. The first-order chi connectivity index (χ1) is 10.2. The second kappa shape index (κ2) is 6.32. The number of nitrogens with one attached hydrogen (secondary N) is 2. The van der Waals surface area contributed by atoms with Crippen LogP contribution < -0.4 is 5.32 Å². The van der Waals surface area contributed by atoms with Crippen LogP contribution in [0, 0.1) is 11.8 Å². The topological polar surface area (TPSA) is 66.5 Å². The highest BCUT2D eigenvalue weighted by Gasteiger charge is 2.32. The first kappa shape index (κ1) is 14.8. The predicted octanol–water partition coefficient (Wildman–Crippen LogP) is 2.86. The Balaban J connectivity index is 1.82. The van der Waals surface area contributed by atoms with Crippen molar-refractivity contribution in [3.63, 3.8) is 0 Å². The zero-order valence-electron chi connectivity index (χ0n) is 12.8. The molecular weight excluding hydrogens is 282 g/mol. The van der Waals surface area contributed by atoms with Gasteiger partial charge in [0.1, 0.15) is 16.9 Å². The van der Waals surface area contributed by atoms with Crippen molar-refractivity contribution in [1.29, 1.82) is 0 Å². The van der Waals surface area contributed by atoms with E-state index in [9.17, 15) is 0 Å². The van der Waals surface area contributed by atoms with E-state index >= 15 is 0 Å². The maximum atomic E-state index is 4.46. The van der Waals surface area contributed by atoms with Gasteiger partial charge in [0.05, 0.1) is 6.33 Å². The minimum Gasteiger partial charge on any atom is -0.341 e. The molecule has 2 heterocycles.